The number of nitrogens with one attached hydrogen (secondary N) is 1. The Morgan fingerprint density at radius 3 is 1.55 bits per heavy atom. The Morgan fingerprint density at radius 1 is 0.909 bits per heavy atom. The van der Waals surface area contributed by atoms with Crippen molar-refractivity contribution in [2.75, 3.05) is 20.1 Å². The number of hydrogen-bond donors (Lipinski definition) is 2. The molecule has 0 atom stereocenters. The molecule has 0 aromatic carbocycles. The van der Waals surface area contributed by atoms with Crippen LogP contribution in [0.5, 0.6) is 0 Å². The maximum absolute atomic E-state index is 4.50. The second-order valence-electron chi connectivity index (χ2n) is 2.46. The maximum atomic E-state index is 4.50. The molecule has 0 aromatic heterocycles. The van der Waals surface area contributed by atoms with Crippen molar-refractivity contribution in [2.24, 2.45) is 5.73 Å². The van der Waals surface area contributed by atoms with Crippen molar-refractivity contribution in [3.05, 3.63) is 0 Å². The number of nitrogens with two attached hydrogens (primary N) is 1. The number of rotatable bonds is 6. The lowest BCUT2D eigenvalue weighted by atomic mass is 10.3. The van der Waals surface area contributed by atoms with Crippen molar-refractivity contribution >= 4 is 0 Å². The van der Waals surface area contributed by atoms with Crippen molar-refractivity contribution in [3.63, 3.8) is 0 Å². The van der Waals surface area contributed by atoms with E-state index in [1.54, 1.807) is 0 Å². The van der Waals surface area contributed by atoms with Crippen molar-refractivity contribution < 1.29 is 0 Å². The van der Waals surface area contributed by atoms with Gasteiger partial charge in [0.05, 0.1) is 0 Å². The van der Waals surface area contributed by atoms with Gasteiger partial charge in [-0.05, 0) is 33.0 Å². The Hall–Kier alpha value is -0.0800. The Kier molecular flexibility index (Phi) is 20.2. The van der Waals surface area contributed by atoms with Crippen LogP contribution in [0.3, 0.4) is 0 Å². The quantitative estimate of drug-likeness (QED) is 0.581. The second kappa shape index (κ2) is 16.5. The van der Waals surface area contributed by atoms with Crippen LogP contribution in [-0.2, 0) is 0 Å². The van der Waals surface area contributed by atoms with E-state index in [1.165, 1.54) is 45.8 Å². The van der Waals surface area contributed by atoms with Crippen molar-refractivity contribution in [2.45, 2.75) is 39.5 Å². The molecule has 0 heterocycles. The second-order valence-corrected chi connectivity index (χ2v) is 2.46. The fourth-order valence-corrected chi connectivity index (χ4v) is 0.729. The maximum Gasteiger partial charge on any atom is -0.00490 e. The van der Waals surface area contributed by atoms with Crippen LogP contribution in [0, 0.1) is 0 Å². The summed E-state index contributed by atoms with van der Waals surface area (Å²) in [5.74, 6) is 0. The number of hydrogen-bond acceptors (Lipinski definition) is 2. The van der Waals surface area contributed by atoms with Gasteiger partial charge in [-0.25, -0.2) is 0 Å². The van der Waals surface area contributed by atoms with E-state index in [2.05, 4.69) is 24.9 Å². The molecule has 0 aromatic rings. The normalized spacial score (nSPS) is 8.73. The molecule has 3 N–H and O–H groups in total. The van der Waals surface area contributed by atoms with Crippen molar-refractivity contribution in [1.29, 1.82) is 0 Å². The van der Waals surface area contributed by atoms with Gasteiger partial charge in [0.25, 0.3) is 0 Å². The number of unbranched alkanes of at least 4 members (excludes halogenated alkanes) is 2. The summed E-state index contributed by atoms with van der Waals surface area (Å²) in [5, 5.41) is 3.39. The molecular weight excluding hydrogens is 136 g/mol. The molecule has 0 unspecified atom stereocenters. The molecule has 0 aliphatic carbocycles. The molecule has 0 saturated carbocycles. The zero-order chi connectivity index (χ0) is 8.95. The highest BCUT2D eigenvalue weighted by atomic mass is 14.8. The lowest BCUT2D eigenvalue weighted by molar-refractivity contribution is 0.611. The topological polar surface area (TPSA) is 38.0 Å². The first kappa shape index (κ1) is 13.5. The van der Waals surface area contributed by atoms with E-state index in [1.807, 2.05) is 0 Å². The fourth-order valence-electron chi connectivity index (χ4n) is 0.729. The minimum Gasteiger partial charge on any atom is -0.333 e. The van der Waals surface area contributed by atoms with E-state index < -0.39 is 0 Å². The minimum absolute atomic E-state index is 1.20. The summed E-state index contributed by atoms with van der Waals surface area (Å²) in [4.78, 5) is 0. The SMILES string of the molecule is CCCCNCCCC.CN. The lowest BCUT2D eigenvalue weighted by Gasteiger charge is -1.99. The zero-order valence-corrected chi connectivity index (χ0v) is 8.32. The smallest absolute Gasteiger partial charge is 0.00490 e. The van der Waals surface area contributed by atoms with E-state index in [4.69, 9.17) is 0 Å². The molecule has 70 valence electrons. The minimum atomic E-state index is 1.20. The summed E-state index contributed by atoms with van der Waals surface area (Å²) in [5.41, 5.74) is 4.50. The predicted molar refractivity (Wildman–Crippen MR) is 52.8 cm³/mol. The van der Waals surface area contributed by atoms with Gasteiger partial charge in [-0.3, -0.25) is 0 Å². The molecule has 0 aliphatic rings. The zero-order valence-electron chi connectivity index (χ0n) is 8.32. The summed E-state index contributed by atoms with van der Waals surface area (Å²) >= 11 is 0. The van der Waals surface area contributed by atoms with Gasteiger partial charge in [0.15, 0.2) is 0 Å². The summed E-state index contributed by atoms with van der Waals surface area (Å²) in [7, 11) is 1.50. The highest BCUT2D eigenvalue weighted by molar-refractivity contribution is 4.45. The molecule has 11 heavy (non-hydrogen) atoms. The van der Waals surface area contributed by atoms with Crippen LogP contribution in [0.1, 0.15) is 39.5 Å². The first-order chi connectivity index (χ1) is 5.41. The largest absolute Gasteiger partial charge is 0.333 e. The fraction of sp³-hybridized carbons (Fsp3) is 1.00. The van der Waals surface area contributed by atoms with Gasteiger partial charge in [-0.2, -0.15) is 0 Å². The van der Waals surface area contributed by atoms with E-state index in [9.17, 15) is 0 Å². The first-order valence-electron chi connectivity index (χ1n) is 4.70. The standard InChI is InChI=1S/C8H19N.CH5N/c1-3-5-7-9-8-6-4-2;1-2/h9H,3-8H2,1-2H3;2H2,1H3. The molecular formula is C9H24N2. The van der Waals surface area contributed by atoms with Gasteiger partial charge in [0.1, 0.15) is 0 Å². The van der Waals surface area contributed by atoms with E-state index in [0.29, 0.717) is 0 Å². The molecule has 0 amide bonds. The highest BCUT2D eigenvalue weighted by Gasteiger charge is 1.83. The molecule has 0 radical (unpaired) electrons. The van der Waals surface area contributed by atoms with Crippen molar-refractivity contribution in [1.82, 2.24) is 5.32 Å². The van der Waals surface area contributed by atoms with E-state index >= 15 is 0 Å². The Balaban J connectivity index is 0. The summed E-state index contributed by atoms with van der Waals surface area (Å²) in [6, 6.07) is 0. The van der Waals surface area contributed by atoms with Crippen LogP contribution in [0.25, 0.3) is 0 Å². The monoisotopic (exact) mass is 160 g/mol. The molecule has 0 rings (SSSR count). The third kappa shape index (κ3) is 17.8. The van der Waals surface area contributed by atoms with Crippen LogP contribution in [0.2, 0.25) is 0 Å². The lowest BCUT2D eigenvalue weighted by Crippen LogP contribution is -2.15. The van der Waals surface area contributed by atoms with Crippen LogP contribution in [0.4, 0.5) is 0 Å². The van der Waals surface area contributed by atoms with E-state index in [-0.39, 0.29) is 0 Å². The molecule has 2 nitrogen and oxygen atoms in total. The predicted octanol–water partition coefficient (Wildman–Crippen LogP) is 1.75. The molecule has 2 heteroatoms. The molecule has 0 aliphatic heterocycles. The Morgan fingerprint density at radius 2 is 1.27 bits per heavy atom. The average molecular weight is 160 g/mol. The summed E-state index contributed by atoms with van der Waals surface area (Å²) in [6.07, 6.45) is 5.26. The molecule has 0 bridgehead atoms. The van der Waals surface area contributed by atoms with Crippen LogP contribution in [0.15, 0.2) is 0 Å². The third-order valence-electron chi connectivity index (χ3n) is 1.41. The van der Waals surface area contributed by atoms with Gasteiger partial charge in [-0.1, -0.05) is 26.7 Å². The van der Waals surface area contributed by atoms with Crippen LogP contribution >= 0.6 is 0 Å². The highest BCUT2D eigenvalue weighted by Crippen LogP contribution is 1.85. The van der Waals surface area contributed by atoms with Gasteiger partial charge in [0, 0.05) is 0 Å². The van der Waals surface area contributed by atoms with Gasteiger partial charge >= 0.3 is 0 Å². The molecule has 0 fully saturated rings. The summed E-state index contributed by atoms with van der Waals surface area (Å²) in [6.45, 7) is 6.86. The van der Waals surface area contributed by atoms with Crippen molar-refractivity contribution in [3.8, 4) is 0 Å². The van der Waals surface area contributed by atoms with Crippen LogP contribution < -0.4 is 11.1 Å². The van der Waals surface area contributed by atoms with Gasteiger partial charge in [-0.15, -0.1) is 0 Å². The van der Waals surface area contributed by atoms with E-state index in [0.717, 1.165) is 0 Å². The molecule has 0 spiro atoms. The Bertz CT molecular complexity index is 40.8. The summed E-state index contributed by atoms with van der Waals surface area (Å²) < 4.78 is 0. The first-order valence-corrected chi connectivity index (χ1v) is 4.70. The van der Waals surface area contributed by atoms with Gasteiger partial charge < -0.3 is 11.1 Å². The van der Waals surface area contributed by atoms with Gasteiger partial charge in [0.2, 0.25) is 0 Å². The van der Waals surface area contributed by atoms with Crippen LogP contribution in [-0.4, -0.2) is 20.1 Å². The molecule has 0 saturated heterocycles. The Labute approximate surface area is 71.6 Å². The average Bonchev–Trinajstić information content (AvgIpc) is 2.08. The third-order valence-corrected chi connectivity index (χ3v) is 1.41.